The summed E-state index contributed by atoms with van der Waals surface area (Å²) >= 11 is 0. The van der Waals surface area contributed by atoms with Gasteiger partial charge in [0.25, 0.3) is 5.91 Å². The van der Waals surface area contributed by atoms with Crippen LogP contribution in [0.4, 0.5) is 0 Å². The Bertz CT molecular complexity index is 1380. The van der Waals surface area contributed by atoms with E-state index in [1.165, 1.54) is 12.0 Å². The Morgan fingerprint density at radius 3 is 2.79 bits per heavy atom. The first-order chi connectivity index (χ1) is 16.6. The van der Waals surface area contributed by atoms with Crippen LogP contribution in [0.25, 0.3) is 11.0 Å². The van der Waals surface area contributed by atoms with E-state index >= 15 is 0 Å². The van der Waals surface area contributed by atoms with Gasteiger partial charge in [0, 0.05) is 43.3 Å². The molecule has 0 bridgehead atoms. The van der Waals surface area contributed by atoms with E-state index < -0.39 is 23.5 Å². The molecule has 0 saturated carbocycles. The van der Waals surface area contributed by atoms with Crippen molar-refractivity contribution in [1.29, 1.82) is 0 Å². The monoisotopic (exact) mass is 458 g/mol. The van der Waals surface area contributed by atoms with E-state index in [4.69, 9.17) is 9.15 Å². The second-order valence-electron chi connectivity index (χ2n) is 7.92. The molecular weight excluding hydrogens is 436 g/mol. The highest BCUT2D eigenvalue weighted by Crippen LogP contribution is 2.40. The number of carbonyl (C=O) groups excluding carboxylic acids is 2. The van der Waals surface area contributed by atoms with Crippen molar-refractivity contribution in [2.75, 3.05) is 13.7 Å². The van der Waals surface area contributed by atoms with Crippen LogP contribution in [0.2, 0.25) is 0 Å². The van der Waals surface area contributed by atoms with Crippen LogP contribution in [0.3, 0.4) is 0 Å². The second kappa shape index (κ2) is 8.86. The quantitative estimate of drug-likeness (QED) is 0.401. The molecule has 1 atom stereocenters. The van der Waals surface area contributed by atoms with Crippen LogP contribution in [0, 0.1) is 0 Å². The molecule has 0 aliphatic carbocycles. The number of Topliss-reactive ketones (excluding diaryl/α,β-unsaturated/α-hetero) is 1. The summed E-state index contributed by atoms with van der Waals surface area (Å²) in [7, 11) is 1.52. The summed E-state index contributed by atoms with van der Waals surface area (Å²) < 4.78 is 13.0. The number of furan rings is 1. The van der Waals surface area contributed by atoms with Crippen molar-refractivity contribution < 1.29 is 23.8 Å². The Balaban J connectivity index is 1.50. The highest BCUT2D eigenvalue weighted by molar-refractivity contribution is 6.16. The zero-order valence-electron chi connectivity index (χ0n) is 18.4. The molecule has 1 amide bonds. The van der Waals surface area contributed by atoms with Crippen LogP contribution < -0.4 is 4.74 Å². The molecule has 5 rings (SSSR count). The van der Waals surface area contributed by atoms with Gasteiger partial charge in [-0.25, -0.2) is 4.98 Å². The lowest BCUT2D eigenvalue weighted by Gasteiger charge is -2.26. The van der Waals surface area contributed by atoms with E-state index in [2.05, 4.69) is 9.97 Å². The Hall–Kier alpha value is -4.40. The lowest BCUT2D eigenvalue weighted by Crippen LogP contribution is -2.32. The molecule has 0 unspecified atom stereocenters. The van der Waals surface area contributed by atoms with E-state index in [9.17, 15) is 14.7 Å². The Morgan fingerprint density at radius 1 is 1.18 bits per heavy atom. The number of amides is 1. The van der Waals surface area contributed by atoms with Crippen molar-refractivity contribution in [3.05, 3.63) is 90.2 Å². The van der Waals surface area contributed by atoms with Gasteiger partial charge < -0.3 is 23.7 Å². The molecule has 1 aliphatic heterocycles. The summed E-state index contributed by atoms with van der Waals surface area (Å²) in [6, 6.07) is 9.64. The van der Waals surface area contributed by atoms with Gasteiger partial charge in [-0.05, 0) is 30.2 Å². The van der Waals surface area contributed by atoms with Gasteiger partial charge >= 0.3 is 0 Å². The van der Waals surface area contributed by atoms with Crippen molar-refractivity contribution in [1.82, 2.24) is 19.4 Å². The smallest absolute Gasteiger partial charge is 0.290 e. The highest BCUT2D eigenvalue weighted by Gasteiger charge is 2.44. The molecule has 0 radical (unpaired) electrons. The molecule has 0 fully saturated rings. The third-order valence-electron chi connectivity index (χ3n) is 5.87. The molecule has 0 saturated heterocycles. The molecule has 0 spiro atoms. The van der Waals surface area contributed by atoms with Crippen molar-refractivity contribution in [2.45, 2.75) is 19.0 Å². The predicted octanol–water partition coefficient (Wildman–Crippen LogP) is 3.70. The number of hydrogen-bond acceptors (Lipinski definition) is 7. The van der Waals surface area contributed by atoms with Crippen LogP contribution in [0.1, 0.15) is 28.6 Å². The van der Waals surface area contributed by atoms with Gasteiger partial charge in [-0.15, -0.1) is 0 Å². The average molecular weight is 458 g/mol. The van der Waals surface area contributed by atoms with Crippen LogP contribution in [-0.4, -0.2) is 49.9 Å². The third-order valence-corrected chi connectivity index (χ3v) is 5.87. The van der Waals surface area contributed by atoms with Gasteiger partial charge in [-0.1, -0.05) is 18.2 Å². The fraction of sp³-hybridized carbons (Fsp3) is 0.200. The first-order valence-electron chi connectivity index (χ1n) is 10.8. The highest BCUT2D eigenvalue weighted by atomic mass is 16.5. The largest absolute Gasteiger partial charge is 0.503 e. The van der Waals surface area contributed by atoms with Crippen LogP contribution in [0.15, 0.2) is 83.3 Å². The van der Waals surface area contributed by atoms with Gasteiger partial charge in [0.15, 0.2) is 22.9 Å². The van der Waals surface area contributed by atoms with Gasteiger partial charge in [-0.2, -0.15) is 0 Å². The Kier molecular flexibility index (Phi) is 5.59. The van der Waals surface area contributed by atoms with E-state index in [-0.39, 0.29) is 11.3 Å². The van der Waals surface area contributed by atoms with Crippen LogP contribution >= 0.6 is 0 Å². The lowest BCUT2D eigenvalue weighted by atomic mass is 9.96. The third kappa shape index (κ3) is 3.71. The van der Waals surface area contributed by atoms with E-state index in [1.54, 1.807) is 61.3 Å². The van der Waals surface area contributed by atoms with Crippen LogP contribution in [0.5, 0.6) is 5.75 Å². The minimum Gasteiger partial charge on any atom is -0.503 e. The summed E-state index contributed by atoms with van der Waals surface area (Å²) in [6.45, 7) is 0.961. The minimum atomic E-state index is -0.786. The number of ketones is 1. The summed E-state index contributed by atoms with van der Waals surface area (Å²) in [6.07, 6.45) is 9.03. The number of rotatable bonds is 8. The van der Waals surface area contributed by atoms with Crippen molar-refractivity contribution in [2.24, 2.45) is 0 Å². The summed E-state index contributed by atoms with van der Waals surface area (Å²) in [5.41, 5.74) is 1.02. The number of aromatic nitrogens is 3. The average Bonchev–Trinajstić information content (AvgIpc) is 3.59. The zero-order valence-corrected chi connectivity index (χ0v) is 18.4. The van der Waals surface area contributed by atoms with E-state index in [1.807, 2.05) is 10.8 Å². The van der Waals surface area contributed by atoms with Gasteiger partial charge in [0.1, 0.15) is 0 Å². The normalized spacial score (nSPS) is 16.0. The molecule has 4 aromatic rings. The van der Waals surface area contributed by atoms with Crippen LogP contribution in [-0.2, 0) is 11.3 Å². The summed E-state index contributed by atoms with van der Waals surface area (Å²) in [5, 5.41) is 11.5. The van der Waals surface area contributed by atoms with Gasteiger partial charge in [-0.3, -0.25) is 14.6 Å². The molecule has 172 valence electrons. The number of para-hydroxylation sites is 1. The lowest BCUT2D eigenvalue weighted by molar-refractivity contribution is -0.129. The number of aryl methyl sites for hydroxylation is 1. The molecular formula is C25H22N4O5. The van der Waals surface area contributed by atoms with Crippen molar-refractivity contribution in [3.8, 4) is 5.75 Å². The maximum atomic E-state index is 13.6. The Morgan fingerprint density at radius 2 is 2.06 bits per heavy atom. The number of aliphatic hydroxyl groups is 1. The van der Waals surface area contributed by atoms with E-state index in [0.29, 0.717) is 41.8 Å². The van der Waals surface area contributed by atoms with Gasteiger partial charge in [0.2, 0.25) is 5.78 Å². The van der Waals surface area contributed by atoms with Crippen molar-refractivity contribution >= 4 is 22.7 Å². The summed E-state index contributed by atoms with van der Waals surface area (Å²) in [4.78, 5) is 36.3. The zero-order chi connectivity index (χ0) is 23.7. The van der Waals surface area contributed by atoms with Gasteiger partial charge in [0.05, 0.1) is 25.1 Å². The fourth-order valence-electron chi connectivity index (χ4n) is 4.28. The molecule has 34 heavy (non-hydrogen) atoms. The molecule has 1 aliphatic rings. The molecule has 3 aromatic heterocycles. The first-order valence-corrected chi connectivity index (χ1v) is 10.8. The first kappa shape index (κ1) is 21.4. The predicted molar refractivity (Wildman–Crippen MR) is 122 cm³/mol. The molecule has 4 heterocycles. The maximum absolute atomic E-state index is 13.6. The number of hydrogen-bond donors (Lipinski definition) is 1. The molecule has 1 N–H and O–H groups in total. The number of methoxy groups -OCH3 is 1. The number of nitrogens with zero attached hydrogens (tertiary/aromatic N) is 4. The summed E-state index contributed by atoms with van der Waals surface area (Å²) in [5.74, 6) is -1.23. The topological polar surface area (TPSA) is 111 Å². The van der Waals surface area contributed by atoms with Crippen molar-refractivity contribution in [3.63, 3.8) is 0 Å². The maximum Gasteiger partial charge on any atom is 0.290 e. The fourth-order valence-corrected chi connectivity index (χ4v) is 4.28. The number of imidazole rings is 1. The minimum absolute atomic E-state index is 0.0167. The number of benzene rings is 1. The second-order valence-corrected chi connectivity index (χ2v) is 7.92. The molecule has 1 aromatic carbocycles. The number of carbonyl (C=O) groups is 2. The molecule has 9 nitrogen and oxygen atoms in total. The Labute approximate surface area is 194 Å². The SMILES string of the molecule is COc1cccc2cc(C(=O)C3=C(O)C(=O)N(CCCn4ccnc4)[C@@H]3c3cccnc3)oc12. The molecule has 9 heteroatoms. The standard InChI is InChI=1S/C25H22N4O5/c1-33-18-7-2-5-16-13-19(34-24(16)18)22(30)20-21(17-6-3-8-26-14-17)29(25(32)23(20)31)11-4-10-28-12-9-27-15-28/h2-3,5-9,12-15,21,31H,4,10-11H2,1H3/t21-/m1/s1. The number of aliphatic hydroxyl groups excluding tert-OH is 1. The van der Waals surface area contributed by atoms with E-state index in [0.717, 1.165) is 0 Å². The number of fused-ring (bicyclic) bond motifs is 1. The number of pyridine rings is 1. The number of ether oxygens (including phenoxy) is 1.